The molecule has 0 N–H and O–H groups in total. The van der Waals surface area contributed by atoms with Crippen LogP contribution in [0.3, 0.4) is 0 Å². The zero-order valence-corrected chi connectivity index (χ0v) is 31.7. The smallest absolute Gasteiger partial charge is 0.204 e. The third kappa shape index (κ3) is 9.13. The lowest BCUT2D eigenvalue weighted by Crippen LogP contribution is -2.10. The van der Waals surface area contributed by atoms with Crippen molar-refractivity contribution < 1.29 is 13.2 Å². The molecule has 0 nitrogen and oxygen atoms in total. The predicted octanol–water partition coefficient (Wildman–Crippen LogP) is 14.1. The zero-order valence-electron chi connectivity index (χ0n) is 30.1. The van der Waals surface area contributed by atoms with Gasteiger partial charge in [0.05, 0.1) is 10.9 Å². The summed E-state index contributed by atoms with van der Waals surface area (Å²) in [7, 11) is -0.867. The normalized spacial score (nSPS) is 15.8. The molecule has 0 radical (unpaired) electrons. The molecule has 8 rings (SSSR count). The third-order valence-electron chi connectivity index (χ3n) is 10.5. The Balaban J connectivity index is 0.000000165. The van der Waals surface area contributed by atoms with Crippen LogP contribution in [0.25, 0.3) is 0 Å². The van der Waals surface area contributed by atoms with Crippen molar-refractivity contribution in [2.75, 3.05) is 0 Å². The lowest BCUT2D eigenvalue weighted by molar-refractivity contribution is 0.435. The minimum absolute atomic E-state index is 0.0278. The standard InChI is InChI=1S/C24H22F3S.C24H25S/c25-21-15-16-22(24(27)23(21)26)28(19-9-5-2-6-10-19)20-13-11-18(12-14-20)17-7-3-1-4-8-17;1-4-10-20(11-5-1)21-16-18-24(19-17-21)25(22-12-6-2-7-13-22)23-14-8-3-9-15-23/h2,5-6,9-17H,1,3-4,7-8H2;2-3,6-9,12-20H,1,4-5,10-11H2/q2*+1. The molecule has 0 bridgehead atoms. The summed E-state index contributed by atoms with van der Waals surface area (Å²) in [5, 5.41) is 0. The molecule has 0 saturated heterocycles. The molecule has 0 aromatic heterocycles. The SMILES string of the molecule is Fc1ccc([S+](c2ccccc2)c2ccc(C3CCCCC3)cc2)c(F)c1F.c1ccc([S+](c2ccccc2)c2ccc(C3CCCCC3)cc2)cc1. The highest BCUT2D eigenvalue weighted by Gasteiger charge is 2.34. The Kier molecular flexibility index (Phi) is 12.8. The Bertz CT molecular complexity index is 1970. The van der Waals surface area contributed by atoms with Crippen LogP contribution in [-0.2, 0) is 21.8 Å². The minimum atomic E-state index is -1.41. The van der Waals surface area contributed by atoms with Crippen LogP contribution < -0.4 is 0 Å². The summed E-state index contributed by atoms with van der Waals surface area (Å²) in [6.45, 7) is 0. The second kappa shape index (κ2) is 18.2. The molecule has 1 atom stereocenters. The van der Waals surface area contributed by atoms with E-state index >= 15 is 0 Å². The van der Waals surface area contributed by atoms with Crippen LogP contribution in [0.15, 0.2) is 181 Å². The molecule has 2 aliphatic rings. The third-order valence-corrected chi connectivity index (χ3v) is 15.0. The maximum absolute atomic E-state index is 14.6. The van der Waals surface area contributed by atoms with Gasteiger partial charge in [0.25, 0.3) is 0 Å². The number of rotatable bonds is 8. The second-order valence-electron chi connectivity index (χ2n) is 14.0. The van der Waals surface area contributed by atoms with E-state index < -0.39 is 28.3 Å². The van der Waals surface area contributed by atoms with Crippen LogP contribution in [-0.4, -0.2) is 0 Å². The summed E-state index contributed by atoms with van der Waals surface area (Å²) in [5.41, 5.74) is 2.85. The highest BCUT2D eigenvalue weighted by atomic mass is 32.2. The quantitative estimate of drug-likeness (QED) is 0.108. The van der Waals surface area contributed by atoms with E-state index in [0.717, 1.165) is 21.8 Å². The van der Waals surface area contributed by atoms with Crippen LogP contribution in [0.1, 0.15) is 87.2 Å². The van der Waals surface area contributed by atoms with Gasteiger partial charge in [0.1, 0.15) is 10.9 Å². The van der Waals surface area contributed by atoms with Crippen molar-refractivity contribution in [2.24, 2.45) is 0 Å². The molecule has 6 aromatic carbocycles. The number of hydrogen-bond acceptors (Lipinski definition) is 0. The first kappa shape index (κ1) is 37.1. The van der Waals surface area contributed by atoms with Crippen LogP contribution >= 0.6 is 0 Å². The minimum Gasteiger partial charge on any atom is -0.204 e. The van der Waals surface area contributed by atoms with Gasteiger partial charge in [-0.15, -0.1) is 0 Å². The molecule has 2 saturated carbocycles. The highest BCUT2D eigenvalue weighted by Crippen LogP contribution is 2.38. The van der Waals surface area contributed by atoms with E-state index in [1.165, 1.54) is 96.1 Å². The van der Waals surface area contributed by atoms with E-state index in [9.17, 15) is 13.2 Å². The first-order chi connectivity index (χ1) is 26.1. The maximum atomic E-state index is 14.6. The van der Waals surface area contributed by atoms with Gasteiger partial charge in [-0.2, -0.15) is 4.39 Å². The molecule has 0 heterocycles. The van der Waals surface area contributed by atoms with E-state index in [1.54, 1.807) is 0 Å². The van der Waals surface area contributed by atoms with Crippen molar-refractivity contribution in [1.82, 2.24) is 0 Å². The summed E-state index contributed by atoms with van der Waals surface area (Å²) in [6.07, 6.45) is 13.2. The second-order valence-corrected chi connectivity index (χ2v) is 18.1. The molecule has 0 aliphatic heterocycles. The van der Waals surface area contributed by atoms with Gasteiger partial charge in [0.15, 0.2) is 36.1 Å². The Morgan fingerprint density at radius 2 is 0.698 bits per heavy atom. The topological polar surface area (TPSA) is 0 Å². The van der Waals surface area contributed by atoms with Gasteiger partial charge in [0.2, 0.25) is 10.7 Å². The fraction of sp³-hybridized carbons (Fsp3) is 0.250. The fourth-order valence-corrected chi connectivity index (χ4v) is 11.9. The lowest BCUT2D eigenvalue weighted by Gasteiger charge is -2.22. The van der Waals surface area contributed by atoms with Crippen LogP contribution in [0.4, 0.5) is 13.2 Å². The van der Waals surface area contributed by atoms with E-state index in [0.29, 0.717) is 5.92 Å². The molecular formula is C48H47F3S2+2. The number of hydrogen-bond donors (Lipinski definition) is 0. The van der Waals surface area contributed by atoms with Crippen LogP contribution in [0.5, 0.6) is 0 Å². The fourth-order valence-electron chi connectivity index (χ4n) is 7.76. The summed E-state index contributed by atoms with van der Waals surface area (Å²) in [5.74, 6) is -2.32. The highest BCUT2D eigenvalue weighted by molar-refractivity contribution is 7.97. The predicted molar refractivity (Wildman–Crippen MR) is 215 cm³/mol. The first-order valence-corrected chi connectivity index (χ1v) is 21.5. The number of halogens is 3. The largest absolute Gasteiger partial charge is 0.217 e. The molecule has 270 valence electrons. The van der Waals surface area contributed by atoms with Crippen LogP contribution in [0, 0.1) is 17.5 Å². The van der Waals surface area contributed by atoms with Gasteiger partial charge >= 0.3 is 0 Å². The average Bonchev–Trinajstić information content (AvgIpc) is 3.24. The molecule has 5 heteroatoms. The maximum Gasteiger partial charge on any atom is 0.217 e. The molecule has 1 unspecified atom stereocenters. The van der Waals surface area contributed by atoms with Crippen molar-refractivity contribution in [2.45, 2.75) is 105 Å². The van der Waals surface area contributed by atoms with E-state index in [1.807, 2.05) is 42.5 Å². The Morgan fingerprint density at radius 3 is 1.11 bits per heavy atom. The van der Waals surface area contributed by atoms with Gasteiger partial charge in [-0.3, -0.25) is 0 Å². The van der Waals surface area contributed by atoms with Crippen LogP contribution in [0.2, 0.25) is 0 Å². The zero-order chi connectivity index (χ0) is 36.4. The van der Waals surface area contributed by atoms with Gasteiger partial charge in [-0.05, 0) is 115 Å². The van der Waals surface area contributed by atoms with Gasteiger partial charge < -0.3 is 0 Å². The Hall–Kier alpha value is -4.19. The van der Waals surface area contributed by atoms with Crippen molar-refractivity contribution in [3.63, 3.8) is 0 Å². The van der Waals surface area contributed by atoms with Gasteiger partial charge in [-0.1, -0.05) is 117 Å². The molecular weight excluding hydrogens is 698 g/mol. The molecule has 0 amide bonds. The van der Waals surface area contributed by atoms with Crippen molar-refractivity contribution >= 4 is 21.8 Å². The van der Waals surface area contributed by atoms with E-state index in [-0.39, 0.29) is 15.8 Å². The molecule has 2 fully saturated rings. The monoisotopic (exact) mass is 744 g/mol. The lowest BCUT2D eigenvalue weighted by atomic mass is 9.84. The first-order valence-electron chi connectivity index (χ1n) is 19.0. The van der Waals surface area contributed by atoms with E-state index in [4.69, 9.17) is 0 Å². The Morgan fingerprint density at radius 1 is 0.340 bits per heavy atom. The molecule has 2 aliphatic carbocycles. The molecule has 0 spiro atoms. The summed E-state index contributed by atoms with van der Waals surface area (Å²) < 4.78 is 42.1. The Labute approximate surface area is 319 Å². The average molecular weight is 745 g/mol. The summed E-state index contributed by atoms with van der Waals surface area (Å²) >= 11 is 0. The molecule has 53 heavy (non-hydrogen) atoms. The van der Waals surface area contributed by atoms with Crippen molar-refractivity contribution in [3.05, 3.63) is 180 Å². The van der Waals surface area contributed by atoms with Gasteiger partial charge in [0, 0.05) is 6.07 Å². The van der Waals surface area contributed by atoms with Gasteiger partial charge in [-0.25, -0.2) is 8.78 Å². The number of benzene rings is 6. The van der Waals surface area contributed by atoms with Crippen molar-refractivity contribution in [1.29, 1.82) is 0 Å². The summed E-state index contributed by atoms with van der Waals surface area (Å²) in [6, 6.07) is 51.4. The molecule has 6 aromatic rings. The van der Waals surface area contributed by atoms with Crippen molar-refractivity contribution in [3.8, 4) is 0 Å². The summed E-state index contributed by atoms with van der Waals surface area (Å²) in [4.78, 5) is 6.14. The van der Waals surface area contributed by atoms with E-state index in [2.05, 4.69) is 97.1 Å².